The Hall–Kier alpha value is -0.500. The number of hydrogen-bond donors (Lipinski definition) is 1. The molecule has 1 aromatic rings. The minimum Gasteiger partial charge on any atom is -0.314 e. The van der Waals surface area contributed by atoms with Crippen LogP contribution in [0, 0.1) is 6.92 Å². The van der Waals surface area contributed by atoms with Crippen LogP contribution in [-0.2, 0) is 10.0 Å². The monoisotopic (exact) mass is 275 g/mol. The van der Waals surface area contributed by atoms with Gasteiger partial charge in [-0.05, 0) is 20.8 Å². The molecule has 0 atom stereocenters. The lowest BCUT2D eigenvalue weighted by molar-refractivity contribution is 0.186. The molecular weight excluding hydrogens is 258 g/mol. The van der Waals surface area contributed by atoms with Gasteiger partial charge in [-0.2, -0.15) is 4.31 Å². The number of thiazole rings is 1. The normalized spacial score (nSPS) is 21.6. The summed E-state index contributed by atoms with van der Waals surface area (Å²) in [6.07, 6.45) is 1.45. The van der Waals surface area contributed by atoms with E-state index in [-0.39, 0.29) is 0 Å². The van der Waals surface area contributed by atoms with Crippen molar-refractivity contribution in [2.75, 3.05) is 19.6 Å². The van der Waals surface area contributed by atoms with Crippen molar-refractivity contribution < 1.29 is 8.42 Å². The first kappa shape index (κ1) is 12.9. The van der Waals surface area contributed by atoms with Crippen LogP contribution in [-0.4, -0.2) is 42.9 Å². The molecule has 5 nitrogen and oxygen atoms in total. The van der Waals surface area contributed by atoms with E-state index in [2.05, 4.69) is 10.3 Å². The highest BCUT2D eigenvalue weighted by atomic mass is 32.2. The van der Waals surface area contributed by atoms with Gasteiger partial charge < -0.3 is 5.32 Å². The van der Waals surface area contributed by atoms with Crippen LogP contribution in [0.2, 0.25) is 0 Å². The summed E-state index contributed by atoms with van der Waals surface area (Å²) >= 11 is 1.23. The van der Waals surface area contributed by atoms with Crippen molar-refractivity contribution >= 4 is 21.4 Å². The summed E-state index contributed by atoms with van der Waals surface area (Å²) in [7, 11) is -3.40. The first-order valence-electron chi connectivity index (χ1n) is 5.50. The Labute approximate surface area is 106 Å². The average molecular weight is 275 g/mol. The molecule has 0 unspecified atom stereocenters. The van der Waals surface area contributed by atoms with Crippen molar-refractivity contribution in [3.63, 3.8) is 0 Å². The van der Waals surface area contributed by atoms with Crippen molar-refractivity contribution in [3.8, 4) is 0 Å². The molecule has 17 heavy (non-hydrogen) atoms. The van der Waals surface area contributed by atoms with Crippen molar-refractivity contribution in [1.82, 2.24) is 14.6 Å². The largest absolute Gasteiger partial charge is 0.314 e. The van der Waals surface area contributed by atoms with Crippen LogP contribution in [0.4, 0.5) is 0 Å². The molecule has 0 amide bonds. The predicted octanol–water partition coefficient (Wildman–Crippen LogP) is 0.824. The van der Waals surface area contributed by atoms with E-state index < -0.39 is 15.6 Å². The van der Waals surface area contributed by atoms with E-state index in [1.54, 1.807) is 4.31 Å². The molecule has 2 heterocycles. The molecule has 1 aliphatic rings. The summed E-state index contributed by atoms with van der Waals surface area (Å²) in [6, 6.07) is 0. The number of aromatic nitrogens is 1. The van der Waals surface area contributed by atoms with E-state index in [9.17, 15) is 8.42 Å². The van der Waals surface area contributed by atoms with Gasteiger partial charge in [0, 0.05) is 25.2 Å². The molecule has 0 spiro atoms. The van der Waals surface area contributed by atoms with Gasteiger partial charge in [-0.3, -0.25) is 0 Å². The number of piperazine rings is 1. The fourth-order valence-corrected chi connectivity index (χ4v) is 4.99. The third-order valence-corrected chi connectivity index (χ3v) is 6.33. The van der Waals surface area contributed by atoms with Gasteiger partial charge in [0.15, 0.2) is 4.21 Å². The van der Waals surface area contributed by atoms with Gasteiger partial charge in [-0.1, -0.05) is 0 Å². The van der Waals surface area contributed by atoms with E-state index in [1.165, 1.54) is 17.5 Å². The third kappa shape index (κ3) is 2.37. The Bertz CT molecular complexity index is 507. The Kier molecular flexibility index (Phi) is 3.28. The smallest absolute Gasteiger partial charge is 0.254 e. The second kappa shape index (κ2) is 4.31. The predicted molar refractivity (Wildman–Crippen MR) is 67.7 cm³/mol. The fraction of sp³-hybridized carbons (Fsp3) is 0.700. The quantitative estimate of drug-likeness (QED) is 0.868. The van der Waals surface area contributed by atoms with Crippen LogP contribution in [0.5, 0.6) is 0 Å². The Morgan fingerprint density at radius 1 is 1.53 bits per heavy atom. The summed E-state index contributed by atoms with van der Waals surface area (Å²) in [6.45, 7) is 7.55. The number of hydrogen-bond acceptors (Lipinski definition) is 5. The Morgan fingerprint density at radius 2 is 2.24 bits per heavy atom. The van der Waals surface area contributed by atoms with Crippen molar-refractivity contribution in [3.05, 3.63) is 11.2 Å². The van der Waals surface area contributed by atoms with Gasteiger partial charge in [0.05, 0.1) is 11.2 Å². The van der Waals surface area contributed by atoms with Crippen LogP contribution >= 0.6 is 11.3 Å². The lowest BCUT2D eigenvalue weighted by atomic mass is 10.0. The minimum absolute atomic E-state index is 0.338. The maximum absolute atomic E-state index is 12.5. The second-order valence-electron chi connectivity index (χ2n) is 4.76. The third-order valence-electron chi connectivity index (χ3n) is 2.87. The molecule has 1 aromatic heterocycles. The standard InChI is InChI=1S/C10H17N3O2S2/c1-8-12-6-9(16-8)17(14,15)13-5-4-11-7-10(13,2)3/h6,11H,4-5,7H2,1-3H3. The van der Waals surface area contributed by atoms with Gasteiger partial charge >= 0.3 is 0 Å². The number of nitrogens with one attached hydrogen (secondary N) is 1. The summed E-state index contributed by atoms with van der Waals surface area (Å²) < 4.78 is 26.9. The maximum atomic E-state index is 12.5. The van der Waals surface area contributed by atoms with Crippen LogP contribution in [0.15, 0.2) is 10.4 Å². The molecule has 2 rings (SSSR count). The Morgan fingerprint density at radius 3 is 2.76 bits per heavy atom. The zero-order chi connectivity index (χ0) is 12.7. The average Bonchev–Trinajstić information content (AvgIpc) is 2.64. The number of nitrogens with zero attached hydrogens (tertiary/aromatic N) is 2. The molecule has 0 saturated carbocycles. The summed E-state index contributed by atoms with van der Waals surface area (Å²) in [5.41, 5.74) is -0.394. The van der Waals surface area contributed by atoms with E-state index in [0.717, 1.165) is 5.01 Å². The SMILES string of the molecule is Cc1ncc(S(=O)(=O)N2CCNCC2(C)C)s1. The van der Waals surface area contributed by atoms with Gasteiger partial charge in [0.2, 0.25) is 0 Å². The molecule has 1 N–H and O–H groups in total. The van der Waals surface area contributed by atoms with E-state index in [1.807, 2.05) is 20.8 Å². The Balaban J connectivity index is 2.38. The van der Waals surface area contributed by atoms with Crippen LogP contribution < -0.4 is 5.32 Å². The van der Waals surface area contributed by atoms with Crippen LogP contribution in [0.1, 0.15) is 18.9 Å². The summed E-state index contributed by atoms with van der Waals surface area (Å²) in [4.78, 5) is 4.02. The summed E-state index contributed by atoms with van der Waals surface area (Å²) in [5, 5.41) is 3.99. The molecular formula is C10H17N3O2S2. The molecule has 0 aromatic carbocycles. The second-order valence-corrected chi connectivity index (χ2v) is 8.09. The van der Waals surface area contributed by atoms with Gasteiger partial charge in [-0.25, -0.2) is 13.4 Å². The van der Waals surface area contributed by atoms with E-state index >= 15 is 0 Å². The molecule has 0 aliphatic carbocycles. The fourth-order valence-electron chi connectivity index (χ4n) is 1.98. The minimum atomic E-state index is -3.40. The molecule has 1 saturated heterocycles. The highest BCUT2D eigenvalue weighted by Gasteiger charge is 2.39. The van der Waals surface area contributed by atoms with Crippen LogP contribution in [0.3, 0.4) is 0 Å². The molecule has 1 fully saturated rings. The van der Waals surface area contributed by atoms with Gasteiger partial charge in [0.1, 0.15) is 0 Å². The molecule has 1 aliphatic heterocycles. The molecule has 0 bridgehead atoms. The zero-order valence-electron chi connectivity index (χ0n) is 10.2. The summed E-state index contributed by atoms with van der Waals surface area (Å²) in [5.74, 6) is 0. The van der Waals surface area contributed by atoms with E-state index in [4.69, 9.17) is 0 Å². The highest BCUT2D eigenvalue weighted by Crippen LogP contribution is 2.28. The zero-order valence-corrected chi connectivity index (χ0v) is 11.9. The lowest BCUT2D eigenvalue weighted by Gasteiger charge is -2.41. The highest BCUT2D eigenvalue weighted by molar-refractivity contribution is 7.91. The molecule has 0 radical (unpaired) electrons. The molecule has 96 valence electrons. The lowest BCUT2D eigenvalue weighted by Crippen LogP contribution is -2.59. The van der Waals surface area contributed by atoms with Crippen molar-refractivity contribution in [1.29, 1.82) is 0 Å². The van der Waals surface area contributed by atoms with E-state index in [0.29, 0.717) is 23.8 Å². The van der Waals surface area contributed by atoms with Crippen molar-refractivity contribution in [2.45, 2.75) is 30.5 Å². The van der Waals surface area contributed by atoms with Crippen LogP contribution in [0.25, 0.3) is 0 Å². The topological polar surface area (TPSA) is 62.3 Å². The maximum Gasteiger partial charge on any atom is 0.254 e. The number of aryl methyl sites for hydroxylation is 1. The van der Waals surface area contributed by atoms with Gasteiger partial charge in [-0.15, -0.1) is 11.3 Å². The first-order valence-corrected chi connectivity index (χ1v) is 7.76. The van der Waals surface area contributed by atoms with Crippen molar-refractivity contribution in [2.24, 2.45) is 0 Å². The molecule has 7 heteroatoms. The number of sulfonamides is 1. The number of rotatable bonds is 2. The first-order chi connectivity index (χ1) is 7.84. The van der Waals surface area contributed by atoms with Gasteiger partial charge in [0.25, 0.3) is 10.0 Å².